The number of hydrogen-bond acceptors (Lipinski definition) is 4. The molecule has 1 amide bonds. The van der Waals surface area contributed by atoms with Gasteiger partial charge in [-0.05, 0) is 12.3 Å². The zero-order chi connectivity index (χ0) is 20.5. The van der Waals surface area contributed by atoms with E-state index in [9.17, 15) is 17.8 Å². The molecule has 6 heteroatoms. The van der Waals surface area contributed by atoms with E-state index in [0.717, 1.165) is 30.5 Å². The summed E-state index contributed by atoms with van der Waals surface area (Å²) in [6.07, 6.45) is 16.7. The number of hydrogen-bond donors (Lipinski definition) is 1. The van der Waals surface area contributed by atoms with Gasteiger partial charge in [0.1, 0.15) is 10.1 Å². The molecule has 0 aromatic rings. The lowest BCUT2D eigenvalue weighted by molar-refractivity contribution is -0.585. The molecule has 0 aliphatic carbocycles. The second-order valence-electron chi connectivity index (χ2n) is 8.25. The first-order valence-corrected chi connectivity index (χ1v) is 12.6. The fourth-order valence-electron chi connectivity index (χ4n) is 3.32. The van der Waals surface area contributed by atoms with Crippen LogP contribution in [0.2, 0.25) is 0 Å². The van der Waals surface area contributed by atoms with Crippen LogP contribution in [0.25, 0.3) is 0 Å². The van der Waals surface area contributed by atoms with Crippen LogP contribution in [0.4, 0.5) is 0 Å². The smallest absolute Gasteiger partial charge is 0.311 e. The summed E-state index contributed by atoms with van der Waals surface area (Å²) in [7, 11) is -4.40. The maximum absolute atomic E-state index is 11.7. The van der Waals surface area contributed by atoms with Gasteiger partial charge in [0.15, 0.2) is 5.37 Å². The molecule has 0 fully saturated rings. The molecule has 0 spiro atoms. The van der Waals surface area contributed by atoms with Gasteiger partial charge >= 0.3 is 5.91 Å². The van der Waals surface area contributed by atoms with E-state index in [2.05, 4.69) is 13.8 Å². The highest BCUT2D eigenvalue weighted by atomic mass is 32.2. The van der Waals surface area contributed by atoms with E-state index in [4.69, 9.17) is 0 Å². The highest BCUT2D eigenvalue weighted by Crippen LogP contribution is 2.14. The molecule has 1 unspecified atom stereocenters. The fraction of sp³-hybridized carbons (Fsp3) is 0.952. The van der Waals surface area contributed by atoms with Crippen LogP contribution in [0.1, 0.15) is 117 Å². The molecule has 1 atom stereocenters. The molecule has 5 nitrogen and oxygen atoms in total. The number of nitrogens with two attached hydrogens (primary N) is 1. The Bertz CT molecular complexity index is 463. The van der Waals surface area contributed by atoms with E-state index in [1.54, 1.807) is 6.92 Å². The van der Waals surface area contributed by atoms with Gasteiger partial charge in [-0.1, -0.05) is 97.8 Å². The van der Waals surface area contributed by atoms with Crippen LogP contribution in [0.3, 0.4) is 0 Å². The Labute approximate surface area is 167 Å². The average Bonchev–Trinajstić information content (AvgIpc) is 2.58. The Morgan fingerprint density at radius 1 is 0.815 bits per heavy atom. The molecule has 0 aliphatic rings. The summed E-state index contributed by atoms with van der Waals surface area (Å²) in [5.41, 5.74) is 0. The molecule has 0 aromatic heterocycles. The van der Waals surface area contributed by atoms with E-state index in [-0.39, 0.29) is 12.3 Å². The lowest BCUT2D eigenvalue weighted by atomic mass is 10.0. The number of primary amides is 1. The number of rotatable bonds is 18. The monoisotopic (exact) mass is 405 g/mol. The van der Waals surface area contributed by atoms with Crippen molar-refractivity contribution in [3.63, 3.8) is 0 Å². The second-order valence-corrected chi connectivity index (χ2v) is 9.84. The van der Waals surface area contributed by atoms with E-state index in [1.165, 1.54) is 64.2 Å². The highest BCUT2D eigenvalue weighted by Gasteiger charge is 2.21. The quantitative estimate of drug-likeness (QED) is 0.269. The van der Waals surface area contributed by atoms with Crippen LogP contribution in [0.5, 0.6) is 0 Å². The van der Waals surface area contributed by atoms with Gasteiger partial charge in [-0.25, -0.2) is 13.2 Å². The summed E-state index contributed by atoms with van der Waals surface area (Å²) in [4.78, 5) is 11.7. The highest BCUT2D eigenvalue weighted by molar-refractivity contribution is 7.86. The van der Waals surface area contributed by atoms with Crippen LogP contribution in [-0.4, -0.2) is 24.3 Å². The average molecular weight is 406 g/mol. The third-order valence-corrected chi connectivity index (χ3v) is 6.31. The molecule has 0 saturated heterocycles. The number of carbonyl (C=O) groups is 1. The Balaban J connectivity index is 3.39. The minimum absolute atomic E-state index is 0.162. The molecular weight excluding hydrogens is 362 g/mol. The van der Waals surface area contributed by atoms with Crippen molar-refractivity contribution >= 4 is 16.0 Å². The number of carbonyl (C=O) groups excluding carboxylic acids is 1. The standard InChI is InChI=1S/C21H43NO4S/c1-4-21(27(24,25)26)22-20(23)18-16-14-12-10-8-6-5-7-9-11-13-15-17-19(2)3/h19,21H,4-18H2,1-3H3,(H,22,23)(H,24,25,26). The molecule has 162 valence electrons. The Kier molecular flexibility index (Phi) is 16.2. The zero-order valence-corrected chi connectivity index (χ0v) is 18.7. The van der Waals surface area contributed by atoms with Crippen molar-refractivity contribution in [2.24, 2.45) is 5.92 Å². The van der Waals surface area contributed by atoms with Crippen LogP contribution < -0.4 is 5.32 Å². The lowest BCUT2D eigenvalue weighted by Gasteiger charge is -2.15. The zero-order valence-electron chi connectivity index (χ0n) is 17.9. The molecule has 0 bridgehead atoms. The minimum atomic E-state index is -4.40. The largest absolute Gasteiger partial charge is 0.743 e. The molecule has 0 radical (unpaired) electrons. The topological polar surface area (TPSA) is 90.9 Å². The second kappa shape index (κ2) is 16.5. The summed E-state index contributed by atoms with van der Waals surface area (Å²) in [5.74, 6) is 0.623. The van der Waals surface area contributed by atoms with Crippen molar-refractivity contribution in [2.45, 2.75) is 122 Å². The van der Waals surface area contributed by atoms with Crippen LogP contribution >= 0.6 is 0 Å². The molecule has 0 rings (SSSR count). The molecule has 0 heterocycles. The van der Waals surface area contributed by atoms with Gasteiger partial charge in [0.2, 0.25) is 0 Å². The molecule has 27 heavy (non-hydrogen) atoms. The Hall–Kier alpha value is -0.460. The van der Waals surface area contributed by atoms with Crippen molar-refractivity contribution in [1.82, 2.24) is 0 Å². The summed E-state index contributed by atoms with van der Waals surface area (Å²) < 4.78 is 32.9. The maximum Gasteiger partial charge on any atom is 0.311 e. The molecule has 0 saturated carbocycles. The van der Waals surface area contributed by atoms with Gasteiger partial charge < -0.3 is 4.55 Å². The normalized spacial score (nSPS) is 13.2. The molecule has 0 aromatic carbocycles. The molecule has 0 aliphatic heterocycles. The van der Waals surface area contributed by atoms with Gasteiger partial charge in [-0.2, -0.15) is 0 Å². The van der Waals surface area contributed by atoms with E-state index >= 15 is 0 Å². The first kappa shape index (κ1) is 26.5. The minimum Gasteiger partial charge on any atom is -0.743 e. The van der Waals surface area contributed by atoms with Crippen LogP contribution in [-0.2, 0) is 14.9 Å². The summed E-state index contributed by atoms with van der Waals surface area (Å²) in [6, 6.07) is 0. The van der Waals surface area contributed by atoms with Crippen LogP contribution in [0, 0.1) is 5.92 Å². The first-order chi connectivity index (χ1) is 12.8. The van der Waals surface area contributed by atoms with Gasteiger partial charge in [-0.15, -0.1) is 0 Å². The number of unbranched alkanes of at least 4 members (excludes halogenated alkanes) is 11. The van der Waals surface area contributed by atoms with E-state index in [0.29, 0.717) is 6.42 Å². The molecular formula is C21H43NO4S. The SMILES string of the molecule is CCC([NH2+]C(=O)CCCCCCCCCCCCCCC(C)C)S(=O)(=O)[O-]. The number of quaternary nitrogens is 1. The van der Waals surface area contributed by atoms with Gasteiger partial charge in [0.25, 0.3) is 0 Å². The van der Waals surface area contributed by atoms with E-state index in [1.807, 2.05) is 0 Å². The third kappa shape index (κ3) is 17.4. The van der Waals surface area contributed by atoms with Crippen molar-refractivity contribution in [1.29, 1.82) is 0 Å². The van der Waals surface area contributed by atoms with Crippen molar-refractivity contribution in [2.75, 3.05) is 0 Å². The maximum atomic E-state index is 11.7. The summed E-state index contributed by atoms with van der Waals surface area (Å²) in [5, 5.41) is -0.0641. The van der Waals surface area contributed by atoms with Crippen molar-refractivity contribution < 1.29 is 23.1 Å². The van der Waals surface area contributed by atoms with E-state index < -0.39 is 15.5 Å². The number of amides is 1. The van der Waals surface area contributed by atoms with Crippen molar-refractivity contribution in [3.05, 3.63) is 0 Å². The van der Waals surface area contributed by atoms with Crippen molar-refractivity contribution in [3.8, 4) is 0 Å². The predicted molar refractivity (Wildman–Crippen MR) is 110 cm³/mol. The van der Waals surface area contributed by atoms with Gasteiger partial charge in [0, 0.05) is 6.42 Å². The molecule has 2 N–H and O–H groups in total. The fourth-order valence-corrected chi connectivity index (χ4v) is 4.04. The van der Waals surface area contributed by atoms with Gasteiger partial charge in [-0.3, -0.25) is 5.32 Å². The van der Waals surface area contributed by atoms with Crippen LogP contribution in [0.15, 0.2) is 0 Å². The predicted octanol–water partition coefficient (Wildman–Crippen LogP) is 4.48. The summed E-state index contributed by atoms with van der Waals surface area (Å²) in [6.45, 7) is 6.19. The Morgan fingerprint density at radius 2 is 1.22 bits per heavy atom. The summed E-state index contributed by atoms with van der Waals surface area (Å²) >= 11 is 0. The first-order valence-electron chi connectivity index (χ1n) is 11.1. The van der Waals surface area contributed by atoms with Gasteiger partial charge in [0.05, 0.1) is 6.42 Å². The Morgan fingerprint density at radius 3 is 1.59 bits per heavy atom. The third-order valence-electron chi connectivity index (χ3n) is 5.10. The lowest BCUT2D eigenvalue weighted by Crippen LogP contribution is -2.94.